The van der Waals surface area contributed by atoms with Crippen molar-refractivity contribution in [3.63, 3.8) is 0 Å². The summed E-state index contributed by atoms with van der Waals surface area (Å²) in [5.41, 5.74) is 0. The Morgan fingerprint density at radius 3 is 3.00 bits per heavy atom. The van der Waals surface area contributed by atoms with Crippen LogP contribution in [0, 0.1) is 5.92 Å². The minimum atomic E-state index is -0.634. The summed E-state index contributed by atoms with van der Waals surface area (Å²) in [6, 6.07) is 0. The third-order valence-electron chi connectivity index (χ3n) is 1.58. The van der Waals surface area contributed by atoms with Crippen LogP contribution >= 0.6 is 0 Å². The zero-order valence-electron chi connectivity index (χ0n) is 5.62. The Hall–Kier alpha value is -0.830. The van der Waals surface area contributed by atoms with E-state index in [9.17, 15) is 4.79 Å². The predicted octanol–water partition coefficient (Wildman–Crippen LogP) is 0.0964. The largest absolute Gasteiger partial charge is 0.463 e. The number of hydrogen-bond donors (Lipinski definition) is 1. The van der Waals surface area contributed by atoms with E-state index in [-0.39, 0.29) is 18.5 Å². The van der Waals surface area contributed by atoms with Crippen molar-refractivity contribution in [2.45, 2.75) is 12.5 Å². The lowest BCUT2D eigenvalue weighted by molar-refractivity contribution is -0.141. The van der Waals surface area contributed by atoms with E-state index in [4.69, 9.17) is 5.11 Å². The molecule has 0 aromatic rings. The van der Waals surface area contributed by atoms with Crippen LogP contribution in [0.1, 0.15) is 6.42 Å². The van der Waals surface area contributed by atoms with E-state index in [1.807, 2.05) is 0 Å². The molecule has 2 unspecified atom stereocenters. The second-order valence-corrected chi connectivity index (χ2v) is 2.33. The van der Waals surface area contributed by atoms with Crippen molar-refractivity contribution in [3.05, 3.63) is 12.7 Å². The Kier molecular flexibility index (Phi) is 2.06. The van der Waals surface area contributed by atoms with E-state index in [0.29, 0.717) is 6.42 Å². The first-order chi connectivity index (χ1) is 4.75. The van der Waals surface area contributed by atoms with Crippen molar-refractivity contribution in [2.24, 2.45) is 5.92 Å². The maximum atomic E-state index is 10.7. The third kappa shape index (κ3) is 1.19. The van der Waals surface area contributed by atoms with Gasteiger partial charge < -0.3 is 9.84 Å². The first-order valence-corrected chi connectivity index (χ1v) is 3.21. The summed E-state index contributed by atoms with van der Waals surface area (Å²) in [6.45, 7) is 3.61. The summed E-state index contributed by atoms with van der Waals surface area (Å²) < 4.78 is 4.59. The summed E-state index contributed by atoms with van der Waals surface area (Å²) in [5, 5.41) is 9.10. The molecule has 0 radical (unpaired) electrons. The van der Waals surface area contributed by atoms with Crippen LogP contribution in [0.4, 0.5) is 0 Å². The van der Waals surface area contributed by atoms with Gasteiger partial charge in [0.15, 0.2) is 0 Å². The van der Waals surface area contributed by atoms with Gasteiger partial charge in [-0.2, -0.15) is 0 Å². The van der Waals surface area contributed by atoms with E-state index >= 15 is 0 Å². The SMILES string of the molecule is C=CCC1C(=O)OCC1O. The number of esters is 1. The van der Waals surface area contributed by atoms with Gasteiger partial charge in [0, 0.05) is 0 Å². The molecule has 0 bridgehead atoms. The molecular weight excluding hydrogens is 132 g/mol. The molecule has 0 aromatic carbocycles. The number of ether oxygens (including phenoxy) is 1. The lowest BCUT2D eigenvalue weighted by Gasteiger charge is -2.04. The van der Waals surface area contributed by atoms with Gasteiger partial charge in [0.05, 0.1) is 5.92 Å². The summed E-state index contributed by atoms with van der Waals surface area (Å²) >= 11 is 0. The summed E-state index contributed by atoms with van der Waals surface area (Å²) in [7, 11) is 0. The zero-order chi connectivity index (χ0) is 7.56. The Morgan fingerprint density at radius 1 is 1.90 bits per heavy atom. The van der Waals surface area contributed by atoms with E-state index in [1.165, 1.54) is 0 Å². The number of hydrogen-bond acceptors (Lipinski definition) is 3. The number of allylic oxidation sites excluding steroid dienone is 1. The van der Waals surface area contributed by atoms with Crippen LogP contribution < -0.4 is 0 Å². The lowest BCUT2D eigenvalue weighted by atomic mass is 10.0. The van der Waals surface area contributed by atoms with Crippen molar-refractivity contribution in [2.75, 3.05) is 6.61 Å². The molecule has 0 spiro atoms. The topological polar surface area (TPSA) is 46.5 Å². The maximum absolute atomic E-state index is 10.7. The average molecular weight is 142 g/mol. The molecule has 1 aliphatic heterocycles. The van der Waals surface area contributed by atoms with Crippen molar-refractivity contribution in [1.29, 1.82) is 0 Å². The normalized spacial score (nSPS) is 31.9. The summed E-state index contributed by atoms with van der Waals surface area (Å²) in [4.78, 5) is 10.7. The Bertz CT molecular complexity index is 153. The number of aliphatic hydroxyl groups excluding tert-OH is 1. The van der Waals surface area contributed by atoms with Crippen LogP contribution in [-0.2, 0) is 9.53 Å². The molecule has 0 amide bonds. The second kappa shape index (κ2) is 2.84. The number of carbonyl (C=O) groups is 1. The molecule has 1 aliphatic rings. The smallest absolute Gasteiger partial charge is 0.312 e. The quantitative estimate of drug-likeness (QED) is 0.439. The van der Waals surface area contributed by atoms with Gasteiger partial charge in [-0.25, -0.2) is 0 Å². The average Bonchev–Trinajstić information content (AvgIpc) is 2.20. The van der Waals surface area contributed by atoms with Gasteiger partial charge >= 0.3 is 5.97 Å². The van der Waals surface area contributed by atoms with Crippen LogP contribution in [0.5, 0.6) is 0 Å². The van der Waals surface area contributed by atoms with E-state index in [2.05, 4.69) is 11.3 Å². The van der Waals surface area contributed by atoms with Crippen LogP contribution in [0.3, 0.4) is 0 Å². The molecule has 0 aromatic heterocycles. The second-order valence-electron chi connectivity index (χ2n) is 2.33. The minimum Gasteiger partial charge on any atom is -0.463 e. The third-order valence-corrected chi connectivity index (χ3v) is 1.58. The molecular formula is C7H10O3. The van der Waals surface area contributed by atoms with E-state index in [0.717, 1.165) is 0 Å². The molecule has 0 aliphatic carbocycles. The fraction of sp³-hybridized carbons (Fsp3) is 0.571. The molecule has 1 heterocycles. The number of rotatable bonds is 2. The fourth-order valence-electron chi connectivity index (χ4n) is 0.981. The van der Waals surface area contributed by atoms with Crippen LogP contribution in [-0.4, -0.2) is 23.8 Å². The van der Waals surface area contributed by atoms with Gasteiger partial charge in [0.2, 0.25) is 0 Å². The van der Waals surface area contributed by atoms with Crippen molar-refractivity contribution >= 4 is 5.97 Å². The van der Waals surface area contributed by atoms with Gasteiger partial charge in [-0.15, -0.1) is 6.58 Å². The number of carbonyl (C=O) groups excluding carboxylic acids is 1. The van der Waals surface area contributed by atoms with Crippen molar-refractivity contribution in [3.8, 4) is 0 Å². The highest BCUT2D eigenvalue weighted by atomic mass is 16.6. The van der Waals surface area contributed by atoms with Gasteiger partial charge in [0.1, 0.15) is 12.7 Å². The standard InChI is InChI=1S/C7H10O3/c1-2-3-5-6(8)4-10-7(5)9/h2,5-6,8H,1,3-4H2. The lowest BCUT2D eigenvalue weighted by Crippen LogP contribution is -2.19. The molecule has 10 heavy (non-hydrogen) atoms. The highest BCUT2D eigenvalue weighted by Crippen LogP contribution is 2.18. The molecule has 3 heteroatoms. The van der Waals surface area contributed by atoms with Crippen molar-refractivity contribution in [1.82, 2.24) is 0 Å². The molecule has 1 fully saturated rings. The first kappa shape index (κ1) is 7.28. The van der Waals surface area contributed by atoms with Gasteiger partial charge in [-0.3, -0.25) is 4.79 Å². The Balaban J connectivity index is 2.53. The predicted molar refractivity (Wildman–Crippen MR) is 35.3 cm³/mol. The maximum Gasteiger partial charge on any atom is 0.312 e. The van der Waals surface area contributed by atoms with Crippen LogP contribution in [0.2, 0.25) is 0 Å². The van der Waals surface area contributed by atoms with Crippen molar-refractivity contribution < 1.29 is 14.6 Å². The van der Waals surface area contributed by atoms with E-state index < -0.39 is 6.10 Å². The van der Waals surface area contributed by atoms with Gasteiger partial charge in [-0.05, 0) is 6.42 Å². The van der Waals surface area contributed by atoms with E-state index in [1.54, 1.807) is 6.08 Å². The minimum absolute atomic E-state index is 0.136. The molecule has 1 rings (SSSR count). The zero-order valence-corrected chi connectivity index (χ0v) is 5.62. The van der Waals surface area contributed by atoms with Crippen LogP contribution in [0.15, 0.2) is 12.7 Å². The van der Waals surface area contributed by atoms with Gasteiger partial charge in [0.25, 0.3) is 0 Å². The summed E-state index contributed by atoms with van der Waals surface area (Å²) in [5.74, 6) is -0.690. The highest BCUT2D eigenvalue weighted by Gasteiger charge is 2.34. The Labute approximate surface area is 59.3 Å². The molecule has 1 N–H and O–H groups in total. The number of aliphatic hydroxyl groups is 1. The fourth-order valence-corrected chi connectivity index (χ4v) is 0.981. The molecule has 56 valence electrons. The monoisotopic (exact) mass is 142 g/mol. The van der Waals surface area contributed by atoms with Crippen LogP contribution in [0.25, 0.3) is 0 Å². The molecule has 1 saturated heterocycles. The first-order valence-electron chi connectivity index (χ1n) is 3.21. The number of cyclic esters (lactones) is 1. The Morgan fingerprint density at radius 2 is 2.60 bits per heavy atom. The molecule has 3 nitrogen and oxygen atoms in total. The molecule has 0 saturated carbocycles. The highest BCUT2D eigenvalue weighted by molar-refractivity contribution is 5.75. The molecule has 2 atom stereocenters. The van der Waals surface area contributed by atoms with Gasteiger partial charge in [-0.1, -0.05) is 6.08 Å². The summed E-state index contributed by atoms with van der Waals surface area (Å²) in [6.07, 6.45) is 1.48.